The van der Waals surface area contributed by atoms with Crippen molar-refractivity contribution in [2.45, 2.75) is 77.9 Å². The molecule has 0 bridgehead atoms. The fraction of sp³-hybridized carbons (Fsp3) is 0.778. The number of rotatable bonds is 3. The number of aliphatic hydroxyl groups is 1. The lowest BCUT2D eigenvalue weighted by Crippen LogP contribution is -2.43. The molecule has 0 radical (unpaired) electrons. The van der Waals surface area contributed by atoms with E-state index in [1.807, 2.05) is 11.6 Å². The zero-order valence-corrected chi connectivity index (χ0v) is 14.5. The first-order valence-electron chi connectivity index (χ1n) is 8.76. The second-order valence-corrected chi connectivity index (χ2v) is 8.10. The number of fused-ring (bicyclic) bond motifs is 1. The first-order valence-corrected chi connectivity index (χ1v) is 8.76. The van der Waals surface area contributed by atoms with Gasteiger partial charge < -0.3 is 9.84 Å². The van der Waals surface area contributed by atoms with E-state index in [4.69, 9.17) is 4.74 Å². The Morgan fingerprint density at radius 1 is 1.30 bits per heavy atom. The fourth-order valence-electron chi connectivity index (χ4n) is 4.19. The average Bonchev–Trinajstić information content (AvgIpc) is 2.81. The molecule has 1 N–H and O–H groups in total. The van der Waals surface area contributed by atoms with E-state index >= 15 is 0 Å². The largest absolute Gasteiger partial charge is 0.458 e. The van der Waals surface area contributed by atoms with Crippen LogP contribution in [-0.4, -0.2) is 33.1 Å². The number of nitrogens with zero attached hydrogens (tertiary/aromatic N) is 2. The number of aromatic nitrogens is 2. The molecule has 1 aliphatic carbocycles. The second kappa shape index (κ2) is 5.93. The van der Waals surface area contributed by atoms with Crippen molar-refractivity contribution in [3.05, 3.63) is 17.0 Å². The minimum atomic E-state index is -0.898. The maximum Gasteiger partial charge on any atom is 0.359 e. The van der Waals surface area contributed by atoms with Crippen LogP contribution in [0.2, 0.25) is 0 Å². The van der Waals surface area contributed by atoms with Crippen LogP contribution in [-0.2, 0) is 17.7 Å². The lowest BCUT2D eigenvalue weighted by Gasteiger charge is -2.40. The van der Waals surface area contributed by atoms with Crippen LogP contribution in [0, 0.1) is 12.3 Å². The van der Waals surface area contributed by atoms with Crippen molar-refractivity contribution in [2.75, 3.05) is 6.61 Å². The van der Waals surface area contributed by atoms with Crippen LogP contribution in [0.3, 0.4) is 0 Å². The molecule has 1 atom stereocenters. The monoisotopic (exact) mass is 320 g/mol. The Morgan fingerprint density at radius 3 is 2.78 bits per heavy atom. The van der Waals surface area contributed by atoms with Crippen molar-refractivity contribution in [2.24, 2.45) is 5.41 Å². The van der Waals surface area contributed by atoms with E-state index in [1.165, 1.54) is 0 Å². The topological polar surface area (TPSA) is 64.3 Å². The Kier molecular flexibility index (Phi) is 4.25. The molecule has 1 unspecified atom stereocenters. The van der Waals surface area contributed by atoms with Gasteiger partial charge in [-0.25, -0.2) is 4.79 Å². The molecule has 0 aromatic carbocycles. The summed E-state index contributed by atoms with van der Waals surface area (Å²) in [6.45, 7) is 7.21. The van der Waals surface area contributed by atoms with Crippen LogP contribution < -0.4 is 0 Å². The third kappa shape index (κ3) is 3.44. The van der Waals surface area contributed by atoms with Crippen LogP contribution in [0.5, 0.6) is 0 Å². The summed E-state index contributed by atoms with van der Waals surface area (Å²) in [4.78, 5) is 12.4. The molecule has 1 aromatic rings. The second-order valence-electron chi connectivity index (χ2n) is 8.10. The molecule has 1 fully saturated rings. The molecule has 5 nitrogen and oxygen atoms in total. The Hall–Kier alpha value is -1.36. The lowest BCUT2D eigenvalue weighted by molar-refractivity contribution is -0.0813. The molecule has 3 rings (SSSR count). The van der Waals surface area contributed by atoms with Gasteiger partial charge in [0.15, 0.2) is 5.69 Å². The van der Waals surface area contributed by atoms with Gasteiger partial charge in [-0.1, -0.05) is 13.8 Å². The summed E-state index contributed by atoms with van der Waals surface area (Å²) >= 11 is 0. The maximum absolute atomic E-state index is 12.4. The zero-order chi connectivity index (χ0) is 16.7. The Balaban J connectivity index is 1.67. The number of carbonyl (C=O) groups is 1. The van der Waals surface area contributed by atoms with Gasteiger partial charge in [-0.05, 0) is 57.3 Å². The predicted octanol–water partition coefficient (Wildman–Crippen LogP) is 3.02. The van der Waals surface area contributed by atoms with Gasteiger partial charge >= 0.3 is 5.97 Å². The van der Waals surface area contributed by atoms with Crippen LogP contribution >= 0.6 is 0 Å². The van der Waals surface area contributed by atoms with Crippen molar-refractivity contribution in [1.29, 1.82) is 0 Å². The highest BCUT2D eigenvalue weighted by molar-refractivity contribution is 5.89. The van der Waals surface area contributed by atoms with E-state index in [0.29, 0.717) is 18.5 Å². The fourth-order valence-corrected chi connectivity index (χ4v) is 4.19. The Morgan fingerprint density at radius 2 is 2.09 bits per heavy atom. The lowest BCUT2D eigenvalue weighted by atomic mass is 9.70. The first kappa shape index (κ1) is 16.5. The third-order valence-electron chi connectivity index (χ3n) is 5.32. The van der Waals surface area contributed by atoms with Crippen molar-refractivity contribution in [3.63, 3.8) is 0 Å². The number of hydrogen-bond acceptors (Lipinski definition) is 4. The first-order chi connectivity index (χ1) is 10.8. The number of esters is 1. The molecule has 2 aliphatic rings. The summed E-state index contributed by atoms with van der Waals surface area (Å²) in [5, 5.41) is 15.2. The number of hydrogen-bond donors (Lipinski definition) is 1. The highest BCUT2D eigenvalue weighted by atomic mass is 16.5. The zero-order valence-electron chi connectivity index (χ0n) is 14.5. The van der Waals surface area contributed by atoms with Crippen LogP contribution in [0.1, 0.15) is 74.1 Å². The molecule has 1 saturated carbocycles. The van der Waals surface area contributed by atoms with Crippen molar-refractivity contribution >= 4 is 5.97 Å². The smallest absolute Gasteiger partial charge is 0.359 e. The van der Waals surface area contributed by atoms with Crippen molar-refractivity contribution in [3.8, 4) is 0 Å². The summed E-state index contributed by atoms with van der Waals surface area (Å²) in [6, 6.07) is 0. The van der Waals surface area contributed by atoms with E-state index in [9.17, 15) is 9.90 Å². The van der Waals surface area contributed by atoms with Gasteiger partial charge in [0.1, 0.15) is 6.61 Å². The van der Waals surface area contributed by atoms with Gasteiger partial charge in [-0.3, -0.25) is 4.68 Å². The highest BCUT2D eigenvalue weighted by Crippen LogP contribution is 2.41. The van der Waals surface area contributed by atoms with E-state index in [1.54, 1.807) is 0 Å². The Bertz CT molecular complexity index is 606. The summed E-state index contributed by atoms with van der Waals surface area (Å²) in [5.74, 6) is -0.402. The minimum absolute atomic E-state index is 0.0664. The van der Waals surface area contributed by atoms with E-state index in [0.717, 1.165) is 49.9 Å². The molecule has 2 heterocycles. The van der Waals surface area contributed by atoms with Gasteiger partial charge in [-0.2, -0.15) is 5.10 Å². The molecule has 5 heteroatoms. The molecular weight excluding hydrogens is 292 g/mol. The Labute approximate surface area is 138 Å². The summed E-state index contributed by atoms with van der Waals surface area (Å²) in [6.07, 6.45) is 6.68. The SMILES string of the molecule is Cc1c(C(=O)OCC2(O)CCCC(C)(C)C2)nn2c1CCCC2. The number of carbonyl (C=O) groups excluding carboxylic acids is 1. The standard InChI is InChI=1S/C18H28N2O3/c1-13-14-7-4-5-10-20(14)19-15(13)16(21)23-12-18(22)9-6-8-17(2,3)11-18/h22H,4-12H2,1-3H3. The van der Waals surface area contributed by atoms with Gasteiger partial charge in [0.25, 0.3) is 0 Å². The average molecular weight is 320 g/mol. The molecular formula is C18H28N2O3. The van der Waals surface area contributed by atoms with Gasteiger partial charge in [0.2, 0.25) is 0 Å². The van der Waals surface area contributed by atoms with Crippen molar-refractivity contribution in [1.82, 2.24) is 9.78 Å². The van der Waals surface area contributed by atoms with Crippen molar-refractivity contribution < 1.29 is 14.6 Å². The van der Waals surface area contributed by atoms with Gasteiger partial charge in [0, 0.05) is 17.8 Å². The normalized spacial score (nSPS) is 26.6. The molecule has 128 valence electrons. The molecule has 1 aliphatic heterocycles. The molecule has 0 saturated heterocycles. The van der Waals surface area contributed by atoms with Crippen LogP contribution in [0.25, 0.3) is 0 Å². The summed E-state index contributed by atoms with van der Waals surface area (Å²) < 4.78 is 7.40. The maximum atomic E-state index is 12.4. The number of ether oxygens (including phenoxy) is 1. The van der Waals surface area contributed by atoms with Gasteiger partial charge in [0.05, 0.1) is 5.60 Å². The molecule has 23 heavy (non-hydrogen) atoms. The summed E-state index contributed by atoms with van der Waals surface area (Å²) in [7, 11) is 0. The van der Waals surface area contributed by atoms with E-state index < -0.39 is 11.6 Å². The minimum Gasteiger partial charge on any atom is -0.458 e. The molecule has 1 aromatic heterocycles. The highest BCUT2D eigenvalue weighted by Gasteiger charge is 2.39. The third-order valence-corrected chi connectivity index (χ3v) is 5.32. The van der Waals surface area contributed by atoms with E-state index in [2.05, 4.69) is 18.9 Å². The van der Waals surface area contributed by atoms with Crippen LogP contribution in [0.15, 0.2) is 0 Å². The predicted molar refractivity (Wildman–Crippen MR) is 87.4 cm³/mol. The van der Waals surface area contributed by atoms with E-state index in [-0.39, 0.29) is 12.0 Å². The quantitative estimate of drug-likeness (QED) is 0.870. The number of aryl methyl sites for hydroxylation is 1. The van der Waals surface area contributed by atoms with Crippen LogP contribution in [0.4, 0.5) is 0 Å². The molecule has 0 amide bonds. The summed E-state index contributed by atoms with van der Waals surface area (Å²) in [5.41, 5.74) is 1.71. The van der Waals surface area contributed by atoms with Gasteiger partial charge in [-0.15, -0.1) is 0 Å². The molecule has 0 spiro atoms.